The Morgan fingerprint density at radius 3 is 2.89 bits per heavy atom. The van der Waals surface area contributed by atoms with E-state index in [0.29, 0.717) is 32.7 Å². The van der Waals surface area contributed by atoms with Gasteiger partial charge >= 0.3 is 0 Å². The number of halogens is 1. The van der Waals surface area contributed by atoms with Crippen LogP contribution < -0.4 is 10.2 Å². The third-order valence-electron chi connectivity index (χ3n) is 3.29. The van der Waals surface area contributed by atoms with Crippen LogP contribution in [0, 0.1) is 5.82 Å². The molecule has 1 aromatic rings. The highest BCUT2D eigenvalue weighted by molar-refractivity contribution is 5.82. The van der Waals surface area contributed by atoms with Crippen molar-refractivity contribution in [1.82, 2.24) is 10.4 Å². The number of carbonyl (C=O) groups excluding carboxylic acids is 1. The lowest BCUT2D eigenvalue weighted by Gasteiger charge is -2.27. The van der Waals surface area contributed by atoms with Gasteiger partial charge in [0.2, 0.25) is 0 Å². The number of nitrogens with one attached hydrogen (secondary N) is 1. The zero-order valence-electron chi connectivity index (χ0n) is 10.4. The van der Waals surface area contributed by atoms with Crippen LogP contribution >= 0.6 is 0 Å². The molecule has 3 rings (SSSR count). The number of hydrazine groups is 1. The number of carbonyl (C=O) groups is 1. The topological polar surface area (TPSA) is 50.8 Å². The molecule has 1 unspecified atom stereocenters. The highest BCUT2D eigenvalue weighted by atomic mass is 19.1. The highest BCUT2D eigenvalue weighted by Crippen LogP contribution is 2.31. The molecule has 0 bridgehead atoms. The largest absolute Gasteiger partial charge is 0.477 e. The summed E-state index contributed by atoms with van der Waals surface area (Å²) in [6, 6.07) is 4.74. The van der Waals surface area contributed by atoms with Crippen molar-refractivity contribution in [2.75, 3.05) is 26.3 Å². The number of amides is 1. The number of nitrogens with zero attached hydrogens (tertiary/aromatic N) is 1. The van der Waals surface area contributed by atoms with Gasteiger partial charge in [-0.2, -0.15) is 0 Å². The van der Waals surface area contributed by atoms with Gasteiger partial charge in [0.25, 0.3) is 5.91 Å². The van der Waals surface area contributed by atoms with Crippen LogP contribution in [-0.4, -0.2) is 43.3 Å². The Labute approximate surface area is 110 Å². The van der Waals surface area contributed by atoms with E-state index in [0.717, 1.165) is 5.56 Å². The predicted molar refractivity (Wildman–Crippen MR) is 65.1 cm³/mol. The Morgan fingerprint density at radius 1 is 1.37 bits per heavy atom. The first-order valence-corrected chi connectivity index (χ1v) is 6.31. The molecule has 0 saturated carbocycles. The van der Waals surface area contributed by atoms with E-state index in [-0.39, 0.29) is 11.7 Å². The van der Waals surface area contributed by atoms with Crippen LogP contribution in [0.1, 0.15) is 5.56 Å². The van der Waals surface area contributed by atoms with E-state index in [4.69, 9.17) is 9.47 Å². The molecule has 1 fully saturated rings. The summed E-state index contributed by atoms with van der Waals surface area (Å²) in [6.45, 7) is 2.50. The molecule has 1 saturated heterocycles. The molecule has 19 heavy (non-hydrogen) atoms. The smallest absolute Gasteiger partial charge is 0.275 e. The summed E-state index contributed by atoms with van der Waals surface area (Å²) < 4.78 is 24.1. The summed E-state index contributed by atoms with van der Waals surface area (Å²) in [5.74, 6) is -0.457. The standard InChI is InChI=1S/C13H15FN2O3/c14-10-3-1-2-9-8-11(19-12(9)10)13(17)15-16-4-6-18-7-5-16/h1-3,11H,4-8H2,(H,15,17). The Hall–Kier alpha value is -1.66. The van der Waals surface area contributed by atoms with E-state index < -0.39 is 11.9 Å². The Bertz CT molecular complexity index is 489. The lowest BCUT2D eigenvalue weighted by molar-refractivity contribution is -0.134. The summed E-state index contributed by atoms with van der Waals surface area (Å²) >= 11 is 0. The third kappa shape index (κ3) is 2.54. The Morgan fingerprint density at radius 2 is 2.16 bits per heavy atom. The Kier molecular flexibility index (Phi) is 3.35. The minimum atomic E-state index is -0.658. The van der Waals surface area contributed by atoms with Crippen molar-refractivity contribution in [2.45, 2.75) is 12.5 Å². The fourth-order valence-electron chi connectivity index (χ4n) is 2.28. The van der Waals surface area contributed by atoms with Crippen molar-refractivity contribution in [1.29, 1.82) is 0 Å². The summed E-state index contributed by atoms with van der Waals surface area (Å²) in [6.07, 6.45) is -0.252. The van der Waals surface area contributed by atoms with Crippen molar-refractivity contribution >= 4 is 5.91 Å². The van der Waals surface area contributed by atoms with Crippen molar-refractivity contribution < 1.29 is 18.7 Å². The summed E-state index contributed by atoms with van der Waals surface area (Å²) in [4.78, 5) is 12.1. The molecule has 2 heterocycles. The average Bonchev–Trinajstić information content (AvgIpc) is 2.85. The molecule has 1 atom stereocenters. The van der Waals surface area contributed by atoms with Gasteiger partial charge in [-0.05, 0) is 6.07 Å². The molecule has 1 N–H and O–H groups in total. The van der Waals surface area contributed by atoms with Crippen LogP contribution in [-0.2, 0) is 16.0 Å². The van der Waals surface area contributed by atoms with Crippen LogP contribution in [0.2, 0.25) is 0 Å². The minimum absolute atomic E-state index is 0.199. The highest BCUT2D eigenvalue weighted by Gasteiger charge is 2.32. The van der Waals surface area contributed by atoms with Crippen molar-refractivity contribution in [3.05, 3.63) is 29.6 Å². The molecule has 2 aliphatic heterocycles. The minimum Gasteiger partial charge on any atom is -0.477 e. The molecule has 1 amide bonds. The first-order chi connectivity index (χ1) is 9.24. The second-order valence-electron chi connectivity index (χ2n) is 4.61. The lowest BCUT2D eigenvalue weighted by atomic mass is 10.1. The van der Waals surface area contributed by atoms with Crippen LogP contribution in [0.4, 0.5) is 4.39 Å². The zero-order valence-corrected chi connectivity index (χ0v) is 10.4. The van der Waals surface area contributed by atoms with Gasteiger partial charge in [-0.25, -0.2) is 9.40 Å². The zero-order chi connectivity index (χ0) is 13.2. The maximum atomic E-state index is 13.5. The van der Waals surface area contributed by atoms with E-state index >= 15 is 0 Å². The first kappa shape index (κ1) is 12.4. The summed E-state index contributed by atoms with van der Waals surface area (Å²) in [7, 11) is 0. The van der Waals surface area contributed by atoms with Crippen LogP contribution in [0.15, 0.2) is 18.2 Å². The van der Waals surface area contributed by atoms with E-state index in [9.17, 15) is 9.18 Å². The number of hydrogen-bond acceptors (Lipinski definition) is 4. The van der Waals surface area contributed by atoms with Gasteiger partial charge in [0.1, 0.15) is 0 Å². The van der Waals surface area contributed by atoms with Gasteiger partial charge in [-0.3, -0.25) is 10.2 Å². The number of para-hydroxylation sites is 1. The maximum Gasteiger partial charge on any atom is 0.275 e. The second-order valence-corrected chi connectivity index (χ2v) is 4.61. The van der Waals surface area contributed by atoms with Gasteiger partial charge in [0.05, 0.1) is 13.2 Å². The molecular weight excluding hydrogens is 251 g/mol. The number of rotatable bonds is 2. The second kappa shape index (κ2) is 5.14. The quantitative estimate of drug-likeness (QED) is 0.846. The van der Waals surface area contributed by atoms with Gasteiger partial charge in [-0.1, -0.05) is 12.1 Å². The SMILES string of the molecule is O=C(NN1CCOCC1)C1Cc2cccc(F)c2O1. The number of ether oxygens (including phenoxy) is 2. The Balaban J connectivity index is 1.62. The van der Waals surface area contributed by atoms with Crippen LogP contribution in [0.3, 0.4) is 0 Å². The number of benzene rings is 1. The van der Waals surface area contributed by atoms with Crippen LogP contribution in [0.5, 0.6) is 5.75 Å². The monoisotopic (exact) mass is 266 g/mol. The van der Waals surface area contributed by atoms with Crippen molar-refractivity contribution in [2.24, 2.45) is 0 Å². The van der Waals surface area contributed by atoms with Crippen molar-refractivity contribution in [3.63, 3.8) is 0 Å². The normalized spacial score (nSPS) is 22.7. The fourth-order valence-corrected chi connectivity index (χ4v) is 2.28. The van der Waals surface area contributed by atoms with E-state index in [1.54, 1.807) is 17.1 Å². The molecular formula is C13H15FN2O3. The molecule has 0 aliphatic carbocycles. The number of hydrogen-bond donors (Lipinski definition) is 1. The van der Waals surface area contributed by atoms with E-state index in [2.05, 4.69) is 5.43 Å². The lowest BCUT2D eigenvalue weighted by Crippen LogP contribution is -2.52. The number of fused-ring (bicyclic) bond motifs is 1. The summed E-state index contributed by atoms with van der Waals surface area (Å²) in [5, 5.41) is 1.80. The van der Waals surface area contributed by atoms with Gasteiger partial charge in [0, 0.05) is 25.1 Å². The fraction of sp³-hybridized carbons (Fsp3) is 0.462. The molecule has 0 radical (unpaired) electrons. The average molecular weight is 266 g/mol. The van der Waals surface area contributed by atoms with E-state index in [1.165, 1.54) is 6.07 Å². The van der Waals surface area contributed by atoms with E-state index in [1.807, 2.05) is 0 Å². The first-order valence-electron chi connectivity index (χ1n) is 6.31. The van der Waals surface area contributed by atoms with Gasteiger partial charge in [-0.15, -0.1) is 0 Å². The van der Waals surface area contributed by atoms with Gasteiger partial charge in [0.15, 0.2) is 17.7 Å². The van der Waals surface area contributed by atoms with Gasteiger partial charge < -0.3 is 9.47 Å². The summed E-state index contributed by atoms with van der Waals surface area (Å²) in [5.41, 5.74) is 3.52. The molecule has 5 nitrogen and oxygen atoms in total. The third-order valence-corrected chi connectivity index (χ3v) is 3.29. The molecule has 0 aromatic heterocycles. The maximum absolute atomic E-state index is 13.5. The molecule has 1 aromatic carbocycles. The molecule has 0 spiro atoms. The predicted octanol–water partition coefficient (Wildman–Crippen LogP) is 0.493. The van der Waals surface area contributed by atoms with Crippen LogP contribution in [0.25, 0.3) is 0 Å². The van der Waals surface area contributed by atoms with Crippen molar-refractivity contribution in [3.8, 4) is 5.75 Å². The molecule has 102 valence electrons. The molecule has 2 aliphatic rings. The number of morpholine rings is 1. The molecule has 6 heteroatoms.